The first kappa shape index (κ1) is 14.8. The van der Waals surface area contributed by atoms with E-state index in [1.54, 1.807) is 0 Å². The molecule has 0 aliphatic heterocycles. The summed E-state index contributed by atoms with van der Waals surface area (Å²) in [7, 11) is 0. The van der Waals surface area contributed by atoms with Crippen LogP contribution in [0.15, 0.2) is 18.2 Å². The van der Waals surface area contributed by atoms with Gasteiger partial charge in [-0.25, -0.2) is 0 Å². The number of carbonyl (C=O) groups is 1. The predicted molar refractivity (Wildman–Crippen MR) is 80.8 cm³/mol. The van der Waals surface area contributed by atoms with Gasteiger partial charge in [0.15, 0.2) is 0 Å². The van der Waals surface area contributed by atoms with Gasteiger partial charge in [-0.2, -0.15) is 0 Å². The summed E-state index contributed by atoms with van der Waals surface area (Å²) in [5.41, 5.74) is 1.88. The van der Waals surface area contributed by atoms with Crippen molar-refractivity contribution in [2.24, 2.45) is 0 Å². The lowest BCUT2D eigenvalue weighted by molar-refractivity contribution is 0.0934. The SMILES string of the molecule is CCC(CCCl)NC(=O)c1cccc(C)c1I. The highest BCUT2D eigenvalue weighted by Gasteiger charge is 2.14. The third kappa shape index (κ3) is 4.14. The summed E-state index contributed by atoms with van der Waals surface area (Å²) in [6.45, 7) is 4.06. The van der Waals surface area contributed by atoms with Crippen LogP contribution in [-0.2, 0) is 0 Å². The summed E-state index contributed by atoms with van der Waals surface area (Å²) in [5, 5.41) is 3.02. The lowest BCUT2D eigenvalue weighted by atomic mass is 10.1. The van der Waals surface area contributed by atoms with Gasteiger partial charge in [0.2, 0.25) is 0 Å². The molecule has 4 heteroatoms. The predicted octanol–water partition coefficient (Wildman–Crippen LogP) is 3.74. The van der Waals surface area contributed by atoms with E-state index in [0.29, 0.717) is 5.88 Å². The fraction of sp³-hybridized carbons (Fsp3) is 0.462. The lowest BCUT2D eigenvalue weighted by Crippen LogP contribution is -2.35. The van der Waals surface area contributed by atoms with Crippen LogP contribution in [0.2, 0.25) is 0 Å². The molecule has 0 spiro atoms. The maximum absolute atomic E-state index is 12.1. The Morgan fingerprint density at radius 2 is 2.24 bits per heavy atom. The normalized spacial score (nSPS) is 12.2. The van der Waals surface area contributed by atoms with Gasteiger partial charge in [0.25, 0.3) is 5.91 Å². The minimum Gasteiger partial charge on any atom is -0.349 e. The maximum atomic E-state index is 12.1. The van der Waals surface area contributed by atoms with Crippen LogP contribution in [0.5, 0.6) is 0 Å². The van der Waals surface area contributed by atoms with Gasteiger partial charge in [0, 0.05) is 15.5 Å². The minimum absolute atomic E-state index is 0.00457. The summed E-state index contributed by atoms with van der Waals surface area (Å²) < 4.78 is 1.02. The molecule has 0 fully saturated rings. The number of carbonyl (C=O) groups excluding carboxylic acids is 1. The zero-order chi connectivity index (χ0) is 12.8. The highest BCUT2D eigenvalue weighted by Crippen LogP contribution is 2.17. The van der Waals surface area contributed by atoms with Crippen LogP contribution >= 0.6 is 34.2 Å². The largest absolute Gasteiger partial charge is 0.349 e. The van der Waals surface area contributed by atoms with E-state index in [9.17, 15) is 4.79 Å². The molecule has 1 rings (SSSR count). The van der Waals surface area contributed by atoms with Crippen LogP contribution in [0.25, 0.3) is 0 Å². The third-order valence-electron chi connectivity index (χ3n) is 2.72. The first-order chi connectivity index (χ1) is 8.10. The maximum Gasteiger partial charge on any atom is 0.252 e. The monoisotopic (exact) mass is 365 g/mol. The van der Waals surface area contributed by atoms with E-state index < -0.39 is 0 Å². The number of benzene rings is 1. The Balaban J connectivity index is 2.79. The van der Waals surface area contributed by atoms with Crippen LogP contribution in [0.1, 0.15) is 35.7 Å². The first-order valence-corrected chi connectivity index (χ1v) is 7.33. The Hall–Kier alpha value is -0.290. The Kier molecular flexibility index (Phi) is 6.27. The van der Waals surface area contributed by atoms with Crippen molar-refractivity contribution in [3.8, 4) is 0 Å². The standard InChI is InChI=1S/C13H17ClINO/c1-3-10(7-8-14)16-13(17)11-6-4-5-9(2)12(11)15/h4-6,10H,3,7-8H2,1-2H3,(H,16,17). The van der Waals surface area contributed by atoms with Crippen molar-refractivity contribution >= 4 is 40.1 Å². The molecular weight excluding hydrogens is 349 g/mol. The number of hydrogen-bond acceptors (Lipinski definition) is 1. The Labute approximate surface area is 121 Å². The van der Waals surface area contributed by atoms with E-state index in [0.717, 1.165) is 27.5 Å². The van der Waals surface area contributed by atoms with Gasteiger partial charge in [0.05, 0.1) is 5.56 Å². The van der Waals surface area contributed by atoms with Crippen LogP contribution in [0, 0.1) is 10.5 Å². The molecule has 0 aliphatic carbocycles. The summed E-state index contributed by atoms with van der Waals surface area (Å²) in [6.07, 6.45) is 1.72. The van der Waals surface area contributed by atoms with Crippen molar-refractivity contribution in [1.82, 2.24) is 5.32 Å². The van der Waals surface area contributed by atoms with Gasteiger partial charge >= 0.3 is 0 Å². The fourth-order valence-corrected chi connectivity index (χ4v) is 2.46. The molecule has 1 atom stereocenters. The summed E-state index contributed by atoms with van der Waals surface area (Å²) in [4.78, 5) is 12.1. The summed E-state index contributed by atoms with van der Waals surface area (Å²) in [6, 6.07) is 5.94. The van der Waals surface area contributed by atoms with Gasteiger partial charge in [-0.3, -0.25) is 4.79 Å². The van der Waals surface area contributed by atoms with Gasteiger partial charge in [-0.1, -0.05) is 19.1 Å². The molecule has 1 amide bonds. The summed E-state index contributed by atoms with van der Waals surface area (Å²) >= 11 is 7.92. The molecule has 0 aromatic heterocycles. The van der Waals surface area contributed by atoms with Gasteiger partial charge in [0.1, 0.15) is 0 Å². The number of aryl methyl sites for hydroxylation is 1. The van der Waals surface area contributed by atoms with E-state index in [1.807, 2.05) is 25.1 Å². The van der Waals surface area contributed by atoms with Gasteiger partial charge < -0.3 is 5.32 Å². The van der Waals surface area contributed by atoms with E-state index in [2.05, 4.69) is 34.8 Å². The highest BCUT2D eigenvalue weighted by atomic mass is 127. The molecule has 1 unspecified atom stereocenters. The molecule has 0 saturated heterocycles. The number of halogens is 2. The molecule has 1 aromatic rings. The second-order valence-corrected chi connectivity index (χ2v) is 5.45. The quantitative estimate of drug-likeness (QED) is 0.625. The van der Waals surface area contributed by atoms with Gasteiger partial charge in [-0.05, 0) is 54.0 Å². The van der Waals surface area contributed by atoms with Crippen molar-refractivity contribution in [2.45, 2.75) is 32.7 Å². The molecule has 0 radical (unpaired) electrons. The van der Waals surface area contributed by atoms with E-state index in [-0.39, 0.29) is 11.9 Å². The summed E-state index contributed by atoms with van der Waals surface area (Å²) in [5.74, 6) is 0.569. The highest BCUT2D eigenvalue weighted by molar-refractivity contribution is 14.1. The number of amides is 1. The molecule has 1 aromatic carbocycles. The molecule has 0 saturated carbocycles. The number of nitrogens with one attached hydrogen (secondary N) is 1. The second-order valence-electron chi connectivity index (χ2n) is 3.99. The fourth-order valence-electron chi connectivity index (χ4n) is 1.60. The third-order valence-corrected chi connectivity index (χ3v) is 4.37. The lowest BCUT2D eigenvalue weighted by Gasteiger charge is -2.16. The van der Waals surface area contributed by atoms with Crippen LogP contribution in [0.3, 0.4) is 0 Å². The molecule has 2 nitrogen and oxygen atoms in total. The van der Waals surface area contributed by atoms with Gasteiger partial charge in [-0.15, -0.1) is 11.6 Å². The molecule has 0 heterocycles. The average molecular weight is 366 g/mol. The molecule has 0 bridgehead atoms. The number of hydrogen-bond donors (Lipinski definition) is 1. The van der Waals surface area contributed by atoms with Crippen molar-refractivity contribution < 1.29 is 4.79 Å². The van der Waals surface area contributed by atoms with Crippen molar-refractivity contribution in [1.29, 1.82) is 0 Å². The minimum atomic E-state index is -0.00457. The number of alkyl halides is 1. The Morgan fingerprint density at radius 1 is 1.53 bits per heavy atom. The van der Waals surface area contributed by atoms with Crippen LogP contribution in [0.4, 0.5) is 0 Å². The Morgan fingerprint density at radius 3 is 2.82 bits per heavy atom. The zero-order valence-corrected chi connectivity index (χ0v) is 13.0. The second kappa shape index (κ2) is 7.21. The topological polar surface area (TPSA) is 29.1 Å². The van der Waals surface area contributed by atoms with Crippen LogP contribution < -0.4 is 5.32 Å². The van der Waals surface area contributed by atoms with E-state index in [1.165, 1.54) is 0 Å². The molecule has 17 heavy (non-hydrogen) atoms. The average Bonchev–Trinajstić information content (AvgIpc) is 2.31. The smallest absolute Gasteiger partial charge is 0.252 e. The zero-order valence-electron chi connectivity index (χ0n) is 10.1. The molecular formula is C13H17ClINO. The number of rotatable bonds is 5. The first-order valence-electron chi connectivity index (χ1n) is 5.72. The van der Waals surface area contributed by atoms with Crippen molar-refractivity contribution in [3.05, 3.63) is 32.9 Å². The van der Waals surface area contributed by atoms with E-state index in [4.69, 9.17) is 11.6 Å². The van der Waals surface area contributed by atoms with Crippen molar-refractivity contribution in [2.75, 3.05) is 5.88 Å². The van der Waals surface area contributed by atoms with Crippen LogP contribution in [-0.4, -0.2) is 17.8 Å². The van der Waals surface area contributed by atoms with E-state index >= 15 is 0 Å². The Bertz CT molecular complexity index is 395. The molecule has 0 aliphatic rings. The molecule has 94 valence electrons. The van der Waals surface area contributed by atoms with Crippen molar-refractivity contribution in [3.63, 3.8) is 0 Å². The molecule has 1 N–H and O–H groups in total.